The summed E-state index contributed by atoms with van der Waals surface area (Å²) >= 11 is 0. The Morgan fingerprint density at radius 2 is 1.32 bits per heavy atom. The number of rotatable bonds is 9. The fraction of sp³-hybridized carbons (Fsp3) is 0.208. The van der Waals surface area contributed by atoms with Gasteiger partial charge in [0.05, 0.1) is 20.1 Å². The molecule has 0 amide bonds. The van der Waals surface area contributed by atoms with Crippen molar-refractivity contribution in [2.24, 2.45) is 0 Å². The molecule has 4 nitrogen and oxygen atoms in total. The first-order chi connectivity index (χ1) is 13.7. The summed E-state index contributed by atoms with van der Waals surface area (Å²) in [4.78, 5) is 11.3. The van der Waals surface area contributed by atoms with Gasteiger partial charge in [-0.2, -0.15) is 0 Å². The van der Waals surface area contributed by atoms with Crippen molar-refractivity contribution in [2.45, 2.75) is 19.4 Å². The summed E-state index contributed by atoms with van der Waals surface area (Å²) in [6.07, 6.45) is 1.08. The Morgan fingerprint density at radius 3 is 1.96 bits per heavy atom. The van der Waals surface area contributed by atoms with Crippen LogP contribution in [0.5, 0.6) is 11.5 Å². The summed E-state index contributed by atoms with van der Waals surface area (Å²) in [7, 11) is 1.39. The molecule has 0 aliphatic heterocycles. The van der Waals surface area contributed by atoms with Crippen LogP contribution in [0.15, 0.2) is 78.9 Å². The molecule has 0 aliphatic carbocycles. The number of benzene rings is 3. The molecule has 0 radical (unpaired) electrons. The third-order valence-corrected chi connectivity index (χ3v) is 4.33. The summed E-state index contributed by atoms with van der Waals surface area (Å²) < 4.78 is 16.3. The third-order valence-electron chi connectivity index (χ3n) is 4.33. The molecule has 0 aliphatic rings. The molecule has 0 heterocycles. The molecule has 0 atom stereocenters. The predicted octanol–water partition coefficient (Wildman–Crippen LogP) is 4.60. The van der Waals surface area contributed by atoms with Gasteiger partial charge in [0.15, 0.2) is 0 Å². The van der Waals surface area contributed by atoms with E-state index in [0.717, 1.165) is 29.0 Å². The molecule has 0 saturated heterocycles. The van der Waals surface area contributed by atoms with Gasteiger partial charge in [0.2, 0.25) is 0 Å². The van der Waals surface area contributed by atoms with Gasteiger partial charge < -0.3 is 14.2 Å². The zero-order valence-corrected chi connectivity index (χ0v) is 16.0. The van der Waals surface area contributed by atoms with Crippen molar-refractivity contribution in [3.05, 3.63) is 95.6 Å². The van der Waals surface area contributed by atoms with Gasteiger partial charge in [-0.05, 0) is 41.0 Å². The van der Waals surface area contributed by atoms with Crippen molar-refractivity contribution < 1.29 is 19.0 Å². The van der Waals surface area contributed by atoms with Crippen LogP contribution in [0.4, 0.5) is 0 Å². The molecule has 144 valence electrons. The predicted molar refractivity (Wildman–Crippen MR) is 109 cm³/mol. The lowest BCUT2D eigenvalue weighted by Crippen LogP contribution is -2.05. The van der Waals surface area contributed by atoms with Crippen LogP contribution >= 0.6 is 0 Å². The second kappa shape index (κ2) is 10.2. The summed E-state index contributed by atoms with van der Waals surface area (Å²) in [6, 6.07) is 25.7. The van der Waals surface area contributed by atoms with E-state index in [2.05, 4.69) is 16.9 Å². The first-order valence-electron chi connectivity index (χ1n) is 9.27. The summed E-state index contributed by atoms with van der Waals surface area (Å²) in [5.41, 5.74) is 3.25. The molecule has 0 aromatic heterocycles. The second-order valence-electron chi connectivity index (χ2n) is 6.41. The van der Waals surface area contributed by atoms with E-state index < -0.39 is 0 Å². The van der Waals surface area contributed by atoms with Crippen molar-refractivity contribution in [3.8, 4) is 11.5 Å². The van der Waals surface area contributed by atoms with Crippen molar-refractivity contribution >= 4 is 5.97 Å². The molecule has 28 heavy (non-hydrogen) atoms. The van der Waals surface area contributed by atoms with Crippen molar-refractivity contribution in [2.75, 3.05) is 13.7 Å². The Kier molecular flexibility index (Phi) is 7.08. The van der Waals surface area contributed by atoms with Gasteiger partial charge in [0.1, 0.15) is 18.1 Å². The van der Waals surface area contributed by atoms with Crippen molar-refractivity contribution in [1.82, 2.24) is 0 Å². The Morgan fingerprint density at radius 1 is 0.714 bits per heavy atom. The first-order valence-corrected chi connectivity index (χ1v) is 9.27. The van der Waals surface area contributed by atoms with Crippen LogP contribution in [0.25, 0.3) is 0 Å². The molecule has 3 aromatic carbocycles. The van der Waals surface area contributed by atoms with Crippen LogP contribution in [0, 0.1) is 0 Å². The minimum absolute atomic E-state index is 0.245. The average Bonchev–Trinajstić information content (AvgIpc) is 2.75. The number of carbonyl (C=O) groups is 1. The van der Waals surface area contributed by atoms with Crippen LogP contribution in [-0.2, 0) is 29.0 Å². The van der Waals surface area contributed by atoms with Gasteiger partial charge in [-0.3, -0.25) is 4.79 Å². The Bertz CT molecular complexity index is 855. The van der Waals surface area contributed by atoms with Gasteiger partial charge in [-0.15, -0.1) is 0 Å². The van der Waals surface area contributed by atoms with Crippen LogP contribution in [0.2, 0.25) is 0 Å². The van der Waals surface area contributed by atoms with Crippen LogP contribution in [-0.4, -0.2) is 19.7 Å². The number of esters is 1. The Hall–Kier alpha value is -3.27. The zero-order valence-electron chi connectivity index (χ0n) is 16.0. The molecule has 0 spiro atoms. The van der Waals surface area contributed by atoms with E-state index in [0.29, 0.717) is 13.2 Å². The van der Waals surface area contributed by atoms with E-state index in [1.807, 2.05) is 66.7 Å². The molecular weight excluding hydrogens is 352 g/mol. The Balaban J connectivity index is 1.41. The lowest BCUT2D eigenvalue weighted by molar-refractivity contribution is -0.139. The van der Waals surface area contributed by atoms with Gasteiger partial charge in [-0.25, -0.2) is 0 Å². The van der Waals surface area contributed by atoms with E-state index in [9.17, 15) is 4.79 Å². The fourth-order valence-corrected chi connectivity index (χ4v) is 2.72. The molecule has 0 unspecified atom stereocenters. The number of carbonyl (C=O) groups excluding carboxylic acids is 1. The summed E-state index contributed by atoms with van der Waals surface area (Å²) in [5, 5.41) is 0. The number of hydrogen-bond acceptors (Lipinski definition) is 4. The first kappa shape index (κ1) is 19.5. The van der Waals surface area contributed by atoms with Gasteiger partial charge in [0.25, 0.3) is 0 Å². The maximum absolute atomic E-state index is 11.3. The third kappa shape index (κ3) is 6.16. The number of hydrogen-bond donors (Lipinski definition) is 0. The van der Waals surface area contributed by atoms with E-state index in [4.69, 9.17) is 9.47 Å². The minimum atomic E-state index is -0.245. The van der Waals surface area contributed by atoms with Gasteiger partial charge in [0, 0.05) is 6.42 Å². The minimum Gasteiger partial charge on any atom is -0.493 e. The van der Waals surface area contributed by atoms with Crippen molar-refractivity contribution in [3.63, 3.8) is 0 Å². The highest BCUT2D eigenvalue weighted by Crippen LogP contribution is 2.16. The quantitative estimate of drug-likeness (QED) is 0.512. The highest BCUT2D eigenvalue weighted by atomic mass is 16.5. The normalized spacial score (nSPS) is 10.3. The van der Waals surface area contributed by atoms with Gasteiger partial charge in [-0.1, -0.05) is 54.6 Å². The van der Waals surface area contributed by atoms with Crippen LogP contribution in [0.1, 0.15) is 16.7 Å². The van der Waals surface area contributed by atoms with Crippen molar-refractivity contribution in [1.29, 1.82) is 0 Å². The number of methoxy groups -OCH3 is 1. The van der Waals surface area contributed by atoms with Crippen LogP contribution < -0.4 is 9.47 Å². The van der Waals surface area contributed by atoms with Crippen LogP contribution in [0.3, 0.4) is 0 Å². The largest absolute Gasteiger partial charge is 0.493 e. The lowest BCUT2D eigenvalue weighted by atomic mass is 10.1. The summed E-state index contributed by atoms with van der Waals surface area (Å²) in [6.45, 7) is 1.15. The summed E-state index contributed by atoms with van der Waals surface area (Å²) in [5.74, 6) is 1.40. The highest BCUT2D eigenvalue weighted by Gasteiger charge is 2.03. The molecule has 0 bridgehead atoms. The van der Waals surface area contributed by atoms with E-state index in [1.54, 1.807) is 0 Å². The molecular formula is C24H24O4. The van der Waals surface area contributed by atoms with E-state index in [1.165, 1.54) is 12.7 Å². The molecule has 3 rings (SSSR count). The smallest absolute Gasteiger partial charge is 0.309 e. The highest BCUT2D eigenvalue weighted by molar-refractivity contribution is 5.72. The Labute approximate surface area is 165 Å². The maximum Gasteiger partial charge on any atom is 0.309 e. The monoisotopic (exact) mass is 376 g/mol. The fourth-order valence-electron chi connectivity index (χ4n) is 2.72. The zero-order chi connectivity index (χ0) is 19.6. The van der Waals surface area contributed by atoms with Gasteiger partial charge >= 0.3 is 5.97 Å². The SMILES string of the molecule is COC(=O)Cc1ccc(OCCc2ccc(OCc3ccccc3)cc2)cc1. The second-order valence-corrected chi connectivity index (χ2v) is 6.41. The maximum atomic E-state index is 11.3. The van der Waals surface area contributed by atoms with E-state index in [-0.39, 0.29) is 12.4 Å². The average molecular weight is 376 g/mol. The molecule has 0 fully saturated rings. The molecule has 3 aromatic rings. The lowest BCUT2D eigenvalue weighted by Gasteiger charge is -2.09. The number of ether oxygens (including phenoxy) is 3. The molecule has 0 saturated carbocycles. The van der Waals surface area contributed by atoms with E-state index >= 15 is 0 Å². The molecule has 0 N–H and O–H groups in total. The standard InChI is InChI=1S/C24H24O4/c1-26-24(25)17-20-9-13-22(14-10-20)27-16-15-19-7-11-23(12-8-19)28-18-21-5-3-2-4-6-21/h2-14H,15-18H2,1H3. The topological polar surface area (TPSA) is 44.8 Å². The molecule has 4 heteroatoms.